The molecule has 1 amide bonds. The van der Waals surface area contributed by atoms with E-state index in [1.54, 1.807) is 16.8 Å². The summed E-state index contributed by atoms with van der Waals surface area (Å²) in [5.41, 5.74) is 3.44. The Balaban J connectivity index is 1.50. The Hall–Kier alpha value is -2.21. The summed E-state index contributed by atoms with van der Waals surface area (Å²) in [6.45, 7) is 0.796. The molecule has 0 saturated carbocycles. The van der Waals surface area contributed by atoms with Gasteiger partial charge in [0.05, 0.1) is 15.7 Å². The maximum Gasteiger partial charge on any atom is 0.251 e. The smallest absolute Gasteiger partial charge is 0.251 e. The molecule has 0 aliphatic carbocycles. The first kappa shape index (κ1) is 12.5. The summed E-state index contributed by atoms with van der Waals surface area (Å²) >= 11 is 1.55. The SMILES string of the molecule is O=C(N[C@H]1CCc2nccn2C1)c1ccc2ncsc2c1. The summed E-state index contributed by atoms with van der Waals surface area (Å²) in [7, 11) is 0. The molecule has 0 unspecified atom stereocenters. The van der Waals surface area contributed by atoms with Crippen molar-refractivity contribution in [1.29, 1.82) is 0 Å². The Morgan fingerprint density at radius 2 is 2.33 bits per heavy atom. The van der Waals surface area contributed by atoms with E-state index in [2.05, 4.69) is 19.9 Å². The normalized spacial score (nSPS) is 17.6. The van der Waals surface area contributed by atoms with Crippen LogP contribution in [-0.4, -0.2) is 26.5 Å². The van der Waals surface area contributed by atoms with Crippen LogP contribution < -0.4 is 5.32 Å². The number of benzene rings is 1. The van der Waals surface area contributed by atoms with Gasteiger partial charge < -0.3 is 9.88 Å². The number of nitrogens with one attached hydrogen (secondary N) is 1. The quantitative estimate of drug-likeness (QED) is 0.789. The van der Waals surface area contributed by atoms with Crippen molar-refractivity contribution < 1.29 is 4.79 Å². The fraction of sp³-hybridized carbons (Fsp3) is 0.267. The molecule has 1 aliphatic rings. The van der Waals surface area contributed by atoms with E-state index in [0.717, 1.165) is 35.4 Å². The largest absolute Gasteiger partial charge is 0.347 e. The van der Waals surface area contributed by atoms with Gasteiger partial charge in [0, 0.05) is 37.0 Å². The lowest BCUT2D eigenvalue weighted by molar-refractivity contribution is 0.0927. The standard InChI is InChI=1S/C15H14N4OS/c20-15(10-1-3-12-13(7-10)21-9-17-12)18-11-2-4-14-16-5-6-19(14)8-11/h1,3,5-7,9,11H,2,4,8H2,(H,18,20)/t11-/m0/s1. The molecular weight excluding hydrogens is 284 g/mol. The van der Waals surface area contributed by atoms with Gasteiger partial charge in [-0.25, -0.2) is 9.97 Å². The van der Waals surface area contributed by atoms with Gasteiger partial charge in [0.2, 0.25) is 0 Å². The predicted molar refractivity (Wildman–Crippen MR) is 81.4 cm³/mol. The molecule has 21 heavy (non-hydrogen) atoms. The van der Waals surface area contributed by atoms with Crippen LogP contribution in [0.1, 0.15) is 22.6 Å². The lowest BCUT2D eigenvalue weighted by atomic mass is 10.1. The molecule has 0 spiro atoms. The molecule has 6 heteroatoms. The molecule has 106 valence electrons. The van der Waals surface area contributed by atoms with Crippen LogP contribution in [0.15, 0.2) is 36.1 Å². The van der Waals surface area contributed by atoms with Gasteiger partial charge in [-0.05, 0) is 24.6 Å². The van der Waals surface area contributed by atoms with Crippen molar-refractivity contribution in [3.05, 3.63) is 47.5 Å². The first-order valence-electron chi connectivity index (χ1n) is 6.94. The molecule has 0 saturated heterocycles. The molecular formula is C15H14N4OS. The summed E-state index contributed by atoms with van der Waals surface area (Å²) in [5, 5.41) is 3.12. The molecule has 1 aromatic carbocycles. The van der Waals surface area contributed by atoms with Crippen molar-refractivity contribution >= 4 is 27.5 Å². The van der Waals surface area contributed by atoms with E-state index in [1.807, 2.05) is 30.6 Å². The summed E-state index contributed by atoms with van der Waals surface area (Å²) in [4.78, 5) is 20.9. The zero-order valence-corrected chi connectivity index (χ0v) is 12.1. The molecule has 1 atom stereocenters. The number of carbonyl (C=O) groups excluding carboxylic acids is 1. The van der Waals surface area contributed by atoms with E-state index >= 15 is 0 Å². The minimum absolute atomic E-state index is 0.0149. The van der Waals surface area contributed by atoms with Crippen molar-refractivity contribution in [3.63, 3.8) is 0 Å². The van der Waals surface area contributed by atoms with Crippen molar-refractivity contribution in [2.45, 2.75) is 25.4 Å². The second-order valence-corrected chi connectivity index (χ2v) is 6.13. The van der Waals surface area contributed by atoms with Crippen LogP contribution in [0.4, 0.5) is 0 Å². The number of imidazole rings is 1. The number of rotatable bonds is 2. The van der Waals surface area contributed by atoms with Crippen molar-refractivity contribution in [2.75, 3.05) is 0 Å². The highest BCUT2D eigenvalue weighted by Gasteiger charge is 2.20. The zero-order valence-electron chi connectivity index (χ0n) is 11.3. The summed E-state index contributed by atoms with van der Waals surface area (Å²) in [5.74, 6) is 1.09. The Morgan fingerprint density at radius 1 is 1.38 bits per heavy atom. The van der Waals surface area contributed by atoms with Gasteiger partial charge in [-0.3, -0.25) is 4.79 Å². The van der Waals surface area contributed by atoms with E-state index < -0.39 is 0 Å². The number of fused-ring (bicyclic) bond motifs is 2. The second kappa shape index (κ2) is 4.96. The van der Waals surface area contributed by atoms with Crippen LogP contribution in [0.5, 0.6) is 0 Å². The van der Waals surface area contributed by atoms with Gasteiger partial charge in [0.1, 0.15) is 5.82 Å². The van der Waals surface area contributed by atoms with Gasteiger partial charge in [-0.15, -0.1) is 11.3 Å². The molecule has 4 rings (SSSR count). The highest BCUT2D eigenvalue weighted by atomic mass is 32.1. The number of aryl methyl sites for hydroxylation is 1. The third kappa shape index (κ3) is 2.31. The molecule has 2 aromatic heterocycles. The number of thiazole rings is 1. The van der Waals surface area contributed by atoms with E-state index in [9.17, 15) is 4.79 Å². The molecule has 0 bridgehead atoms. The maximum absolute atomic E-state index is 12.4. The topological polar surface area (TPSA) is 59.8 Å². The third-order valence-electron chi connectivity index (χ3n) is 3.86. The molecule has 1 N–H and O–H groups in total. The van der Waals surface area contributed by atoms with Crippen LogP contribution in [0.25, 0.3) is 10.2 Å². The van der Waals surface area contributed by atoms with E-state index in [0.29, 0.717) is 5.56 Å². The highest BCUT2D eigenvalue weighted by molar-refractivity contribution is 7.16. The predicted octanol–water partition coefficient (Wildman–Crippen LogP) is 2.24. The average molecular weight is 298 g/mol. The average Bonchev–Trinajstić information content (AvgIpc) is 3.14. The summed E-state index contributed by atoms with van der Waals surface area (Å²) < 4.78 is 3.16. The number of hydrogen-bond donors (Lipinski definition) is 1. The minimum Gasteiger partial charge on any atom is -0.347 e. The number of hydrogen-bond acceptors (Lipinski definition) is 4. The molecule has 5 nitrogen and oxygen atoms in total. The van der Waals surface area contributed by atoms with Crippen molar-refractivity contribution in [2.24, 2.45) is 0 Å². The number of aromatic nitrogens is 3. The lowest BCUT2D eigenvalue weighted by Gasteiger charge is -2.24. The van der Waals surface area contributed by atoms with Crippen LogP contribution in [0.2, 0.25) is 0 Å². The molecule has 0 radical (unpaired) electrons. The lowest BCUT2D eigenvalue weighted by Crippen LogP contribution is -2.40. The van der Waals surface area contributed by atoms with Gasteiger partial charge in [-0.1, -0.05) is 0 Å². The van der Waals surface area contributed by atoms with Crippen LogP contribution in [-0.2, 0) is 13.0 Å². The van der Waals surface area contributed by atoms with E-state index in [4.69, 9.17) is 0 Å². The Bertz CT molecular complexity index is 807. The fourth-order valence-corrected chi connectivity index (χ4v) is 3.47. The monoisotopic (exact) mass is 298 g/mol. The number of amides is 1. The fourth-order valence-electron chi connectivity index (χ4n) is 2.75. The first-order chi connectivity index (χ1) is 10.3. The van der Waals surface area contributed by atoms with Crippen LogP contribution in [0.3, 0.4) is 0 Å². The summed E-state index contributed by atoms with van der Waals surface area (Å²) in [6.07, 6.45) is 5.63. The molecule has 3 heterocycles. The molecule has 0 fully saturated rings. The van der Waals surface area contributed by atoms with E-state index in [1.165, 1.54) is 0 Å². The van der Waals surface area contributed by atoms with Gasteiger partial charge in [0.15, 0.2) is 0 Å². The maximum atomic E-state index is 12.4. The van der Waals surface area contributed by atoms with Gasteiger partial charge in [0.25, 0.3) is 5.91 Å². The van der Waals surface area contributed by atoms with Crippen molar-refractivity contribution in [3.8, 4) is 0 Å². The minimum atomic E-state index is -0.0149. The Kier molecular flexibility index (Phi) is 2.96. The highest BCUT2D eigenvalue weighted by Crippen LogP contribution is 2.19. The molecule has 1 aliphatic heterocycles. The Morgan fingerprint density at radius 3 is 3.29 bits per heavy atom. The van der Waals surface area contributed by atoms with Crippen LogP contribution in [0, 0.1) is 0 Å². The zero-order chi connectivity index (χ0) is 14.2. The summed E-state index contributed by atoms with van der Waals surface area (Å²) in [6, 6.07) is 5.81. The van der Waals surface area contributed by atoms with Crippen molar-refractivity contribution in [1.82, 2.24) is 19.9 Å². The van der Waals surface area contributed by atoms with E-state index in [-0.39, 0.29) is 11.9 Å². The number of carbonyl (C=O) groups is 1. The van der Waals surface area contributed by atoms with Crippen LogP contribution >= 0.6 is 11.3 Å². The molecule has 3 aromatic rings. The first-order valence-corrected chi connectivity index (χ1v) is 7.82. The number of nitrogens with zero attached hydrogens (tertiary/aromatic N) is 3. The third-order valence-corrected chi connectivity index (χ3v) is 4.66. The second-order valence-electron chi connectivity index (χ2n) is 5.24. The van der Waals surface area contributed by atoms with Gasteiger partial charge in [-0.2, -0.15) is 0 Å². The van der Waals surface area contributed by atoms with Gasteiger partial charge >= 0.3 is 0 Å². The Labute approximate surface area is 125 Å².